The number of methoxy groups -OCH3 is 1. The summed E-state index contributed by atoms with van der Waals surface area (Å²) in [5.41, 5.74) is -0.173. The van der Waals surface area contributed by atoms with E-state index in [1.807, 2.05) is 11.3 Å². The SMILES string of the molecule is CCNC(c1ccc(C)s1)C(C)(C)OC. The molecule has 0 saturated heterocycles. The van der Waals surface area contributed by atoms with Gasteiger partial charge in [0.25, 0.3) is 0 Å². The Morgan fingerprint density at radius 1 is 1.47 bits per heavy atom. The third-order valence-electron chi connectivity index (χ3n) is 2.68. The van der Waals surface area contributed by atoms with Crippen LogP contribution in [0, 0.1) is 6.92 Å². The summed E-state index contributed by atoms with van der Waals surface area (Å²) < 4.78 is 5.56. The van der Waals surface area contributed by atoms with Crippen molar-refractivity contribution in [2.45, 2.75) is 39.3 Å². The van der Waals surface area contributed by atoms with E-state index in [4.69, 9.17) is 4.74 Å². The lowest BCUT2D eigenvalue weighted by atomic mass is 9.97. The molecule has 2 nitrogen and oxygen atoms in total. The van der Waals surface area contributed by atoms with Crippen LogP contribution in [-0.2, 0) is 4.74 Å². The maximum atomic E-state index is 5.56. The molecule has 0 spiro atoms. The van der Waals surface area contributed by atoms with Gasteiger partial charge in [-0.2, -0.15) is 0 Å². The zero-order valence-corrected chi connectivity index (χ0v) is 11.1. The summed E-state index contributed by atoms with van der Waals surface area (Å²) in [6, 6.07) is 4.62. The van der Waals surface area contributed by atoms with Gasteiger partial charge in [0.2, 0.25) is 0 Å². The molecule has 1 aromatic heterocycles. The van der Waals surface area contributed by atoms with Crippen molar-refractivity contribution in [2.24, 2.45) is 0 Å². The van der Waals surface area contributed by atoms with Crippen LogP contribution >= 0.6 is 11.3 Å². The highest BCUT2D eigenvalue weighted by atomic mass is 32.1. The standard InChI is InChI=1S/C12H21NOS/c1-6-13-11(12(3,4)14-5)10-8-7-9(2)15-10/h7-8,11,13H,6H2,1-5H3. The Morgan fingerprint density at radius 2 is 2.13 bits per heavy atom. The first-order valence-corrected chi connectivity index (χ1v) is 6.17. The molecular formula is C12H21NOS. The minimum Gasteiger partial charge on any atom is -0.377 e. The van der Waals surface area contributed by atoms with E-state index in [2.05, 4.69) is 45.1 Å². The first kappa shape index (κ1) is 12.7. The van der Waals surface area contributed by atoms with E-state index in [1.165, 1.54) is 9.75 Å². The third-order valence-corrected chi connectivity index (χ3v) is 3.74. The molecule has 1 unspecified atom stereocenters. The second-order valence-corrected chi connectivity index (χ2v) is 5.57. The Kier molecular flexibility index (Phi) is 4.32. The number of nitrogens with one attached hydrogen (secondary N) is 1. The average Bonchev–Trinajstić information content (AvgIpc) is 2.60. The molecule has 1 aromatic rings. The van der Waals surface area contributed by atoms with Crippen LogP contribution in [0.2, 0.25) is 0 Å². The molecule has 0 aliphatic carbocycles. The van der Waals surface area contributed by atoms with Gasteiger partial charge in [-0.25, -0.2) is 0 Å². The molecule has 0 saturated carbocycles. The van der Waals surface area contributed by atoms with Crippen molar-refractivity contribution < 1.29 is 4.74 Å². The molecule has 0 aromatic carbocycles. The molecule has 1 atom stereocenters. The second kappa shape index (κ2) is 5.10. The molecular weight excluding hydrogens is 206 g/mol. The lowest BCUT2D eigenvalue weighted by Crippen LogP contribution is -2.40. The van der Waals surface area contributed by atoms with E-state index < -0.39 is 0 Å². The van der Waals surface area contributed by atoms with Crippen molar-refractivity contribution in [2.75, 3.05) is 13.7 Å². The highest BCUT2D eigenvalue weighted by molar-refractivity contribution is 7.12. The van der Waals surface area contributed by atoms with Crippen molar-refractivity contribution >= 4 is 11.3 Å². The molecule has 3 heteroatoms. The Morgan fingerprint density at radius 3 is 2.53 bits per heavy atom. The Labute approximate surface area is 96.7 Å². The molecule has 15 heavy (non-hydrogen) atoms. The zero-order chi connectivity index (χ0) is 11.5. The maximum Gasteiger partial charge on any atom is 0.0824 e. The van der Waals surface area contributed by atoms with Crippen molar-refractivity contribution in [1.82, 2.24) is 5.32 Å². The quantitative estimate of drug-likeness (QED) is 0.834. The summed E-state index contributed by atoms with van der Waals surface area (Å²) in [7, 11) is 1.77. The first-order valence-electron chi connectivity index (χ1n) is 5.36. The Balaban J connectivity index is 2.92. The van der Waals surface area contributed by atoms with Gasteiger partial charge in [-0.1, -0.05) is 6.92 Å². The van der Waals surface area contributed by atoms with Gasteiger partial charge in [-0.05, 0) is 39.4 Å². The molecule has 1 N–H and O–H groups in total. The second-order valence-electron chi connectivity index (χ2n) is 4.25. The number of likely N-dealkylation sites (N-methyl/N-ethyl adjacent to an activating group) is 1. The fourth-order valence-corrected chi connectivity index (χ4v) is 2.75. The molecule has 0 aliphatic rings. The fraction of sp³-hybridized carbons (Fsp3) is 0.667. The van der Waals surface area contributed by atoms with Crippen molar-refractivity contribution in [3.05, 3.63) is 21.9 Å². The largest absolute Gasteiger partial charge is 0.377 e. The van der Waals surface area contributed by atoms with Gasteiger partial charge in [0, 0.05) is 16.9 Å². The first-order chi connectivity index (χ1) is 7.01. The molecule has 0 aliphatic heterocycles. The zero-order valence-electron chi connectivity index (χ0n) is 10.3. The highest BCUT2D eigenvalue weighted by Gasteiger charge is 2.30. The third kappa shape index (κ3) is 3.03. The lowest BCUT2D eigenvalue weighted by molar-refractivity contribution is -0.00965. The van der Waals surface area contributed by atoms with Crippen LogP contribution in [0.5, 0.6) is 0 Å². The fourth-order valence-electron chi connectivity index (χ4n) is 1.62. The van der Waals surface area contributed by atoms with Crippen molar-refractivity contribution in [1.29, 1.82) is 0 Å². The maximum absolute atomic E-state index is 5.56. The lowest BCUT2D eigenvalue weighted by Gasteiger charge is -2.33. The summed E-state index contributed by atoms with van der Waals surface area (Å²) in [4.78, 5) is 2.70. The van der Waals surface area contributed by atoms with Gasteiger partial charge in [0.15, 0.2) is 0 Å². The number of hydrogen-bond acceptors (Lipinski definition) is 3. The molecule has 0 bridgehead atoms. The van der Waals surface area contributed by atoms with Crippen LogP contribution in [0.1, 0.15) is 36.6 Å². The average molecular weight is 227 g/mol. The Bertz CT molecular complexity index is 306. The van der Waals surface area contributed by atoms with E-state index in [0.717, 1.165) is 6.54 Å². The number of aryl methyl sites for hydroxylation is 1. The normalized spacial score (nSPS) is 14.2. The van der Waals surface area contributed by atoms with Gasteiger partial charge in [-0.15, -0.1) is 11.3 Å². The molecule has 1 rings (SSSR count). The topological polar surface area (TPSA) is 21.3 Å². The predicted molar refractivity (Wildman–Crippen MR) is 66.6 cm³/mol. The highest BCUT2D eigenvalue weighted by Crippen LogP contribution is 2.32. The number of thiophene rings is 1. The van der Waals surface area contributed by atoms with E-state index >= 15 is 0 Å². The van der Waals surface area contributed by atoms with Crippen LogP contribution < -0.4 is 5.32 Å². The number of hydrogen-bond donors (Lipinski definition) is 1. The van der Waals surface area contributed by atoms with E-state index in [1.54, 1.807) is 7.11 Å². The minimum absolute atomic E-state index is 0.173. The molecule has 0 radical (unpaired) electrons. The van der Waals surface area contributed by atoms with Gasteiger partial charge in [-0.3, -0.25) is 0 Å². The summed E-state index contributed by atoms with van der Waals surface area (Å²) in [6.45, 7) is 9.45. The van der Waals surface area contributed by atoms with E-state index in [-0.39, 0.29) is 11.6 Å². The van der Waals surface area contributed by atoms with Crippen LogP contribution in [-0.4, -0.2) is 19.3 Å². The van der Waals surface area contributed by atoms with Gasteiger partial charge in [0.1, 0.15) is 0 Å². The molecule has 0 amide bonds. The van der Waals surface area contributed by atoms with Gasteiger partial charge < -0.3 is 10.1 Å². The van der Waals surface area contributed by atoms with Crippen LogP contribution in [0.4, 0.5) is 0 Å². The van der Waals surface area contributed by atoms with Crippen LogP contribution in [0.3, 0.4) is 0 Å². The van der Waals surface area contributed by atoms with Gasteiger partial charge in [0.05, 0.1) is 11.6 Å². The Hall–Kier alpha value is -0.380. The van der Waals surface area contributed by atoms with Crippen LogP contribution in [0.25, 0.3) is 0 Å². The summed E-state index contributed by atoms with van der Waals surface area (Å²) in [6.07, 6.45) is 0. The molecule has 1 heterocycles. The summed E-state index contributed by atoms with van der Waals surface area (Å²) in [5.74, 6) is 0. The summed E-state index contributed by atoms with van der Waals surface area (Å²) >= 11 is 1.84. The van der Waals surface area contributed by atoms with Gasteiger partial charge >= 0.3 is 0 Å². The predicted octanol–water partition coefficient (Wildman–Crippen LogP) is 3.13. The smallest absolute Gasteiger partial charge is 0.0824 e. The number of rotatable bonds is 5. The van der Waals surface area contributed by atoms with E-state index in [9.17, 15) is 0 Å². The molecule has 86 valence electrons. The summed E-state index contributed by atoms with van der Waals surface area (Å²) in [5, 5.41) is 3.49. The monoisotopic (exact) mass is 227 g/mol. The number of ether oxygens (including phenoxy) is 1. The minimum atomic E-state index is -0.173. The molecule has 0 fully saturated rings. The van der Waals surface area contributed by atoms with Crippen LogP contribution in [0.15, 0.2) is 12.1 Å². The van der Waals surface area contributed by atoms with E-state index in [0.29, 0.717) is 0 Å². The van der Waals surface area contributed by atoms with Crippen molar-refractivity contribution in [3.8, 4) is 0 Å². The van der Waals surface area contributed by atoms with Crippen molar-refractivity contribution in [3.63, 3.8) is 0 Å².